The lowest BCUT2D eigenvalue weighted by atomic mass is 9.79. The molecular formula is C12H17ClN4. The second kappa shape index (κ2) is 4.42. The molecule has 1 saturated carbocycles. The van der Waals surface area contributed by atoms with Gasteiger partial charge in [-0.2, -0.15) is 0 Å². The Hall–Kier alpha value is -0.870. The van der Waals surface area contributed by atoms with Crippen LogP contribution in [0.1, 0.15) is 19.3 Å². The maximum atomic E-state index is 6.03. The zero-order valence-electron chi connectivity index (χ0n) is 9.72. The fourth-order valence-electron chi connectivity index (χ4n) is 3.10. The minimum Gasteiger partial charge on any atom is -0.340 e. The van der Waals surface area contributed by atoms with Crippen molar-refractivity contribution >= 4 is 17.5 Å². The molecule has 4 nitrogen and oxygen atoms in total. The molecule has 92 valence electrons. The topological polar surface area (TPSA) is 55.0 Å². The van der Waals surface area contributed by atoms with Crippen molar-refractivity contribution in [3.8, 4) is 0 Å². The number of anilines is 1. The largest absolute Gasteiger partial charge is 0.340 e. The van der Waals surface area contributed by atoms with Gasteiger partial charge in [0, 0.05) is 19.1 Å². The smallest absolute Gasteiger partial charge is 0.225 e. The summed E-state index contributed by atoms with van der Waals surface area (Å²) in [7, 11) is 0. The van der Waals surface area contributed by atoms with Crippen molar-refractivity contribution in [3.05, 3.63) is 17.4 Å². The SMILES string of the molecule is NC1CC[C@@H]2CN(c3ncc(Cl)cn3)C[C@@H]2C1. The van der Waals surface area contributed by atoms with Gasteiger partial charge >= 0.3 is 0 Å². The minimum atomic E-state index is 0.391. The van der Waals surface area contributed by atoms with Gasteiger partial charge in [-0.1, -0.05) is 11.6 Å². The summed E-state index contributed by atoms with van der Waals surface area (Å²) in [4.78, 5) is 10.8. The summed E-state index contributed by atoms with van der Waals surface area (Å²) in [6, 6.07) is 0.391. The van der Waals surface area contributed by atoms with Gasteiger partial charge in [-0.3, -0.25) is 0 Å². The van der Waals surface area contributed by atoms with Gasteiger partial charge in [-0.15, -0.1) is 0 Å². The summed E-state index contributed by atoms with van der Waals surface area (Å²) in [5.41, 5.74) is 6.03. The van der Waals surface area contributed by atoms with Crippen LogP contribution in [-0.2, 0) is 0 Å². The molecule has 1 aliphatic carbocycles. The predicted octanol–water partition coefficient (Wildman–Crippen LogP) is 1.69. The van der Waals surface area contributed by atoms with Crippen LogP contribution in [0.4, 0.5) is 5.95 Å². The molecule has 0 amide bonds. The van der Waals surface area contributed by atoms with Crippen LogP contribution in [-0.4, -0.2) is 29.1 Å². The molecule has 1 aromatic heterocycles. The number of fused-ring (bicyclic) bond motifs is 1. The molecule has 0 radical (unpaired) electrons. The van der Waals surface area contributed by atoms with Gasteiger partial charge in [0.2, 0.25) is 5.95 Å². The Balaban J connectivity index is 1.73. The molecule has 3 rings (SSSR count). The Morgan fingerprint density at radius 1 is 1.18 bits per heavy atom. The molecule has 0 spiro atoms. The molecule has 2 N–H and O–H groups in total. The van der Waals surface area contributed by atoms with Crippen LogP contribution < -0.4 is 10.6 Å². The summed E-state index contributed by atoms with van der Waals surface area (Å²) < 4.78 is 0. The molecule has 2 heterocycles. The molecule has 17 heavy (non-hydrogen) atoms. The Bertz CT molecular complexity index is 394. The first kappa shape index (κ1) is 11.2. The Morgan fingerprint density at radius 2 is 1.88 bits per heavy atom. The average molecular weight is 253 g/mol. The fourth-order valence-corrected chi connectivity index (χ4v) is 3.20. The number of aromatic nitrogens is 2. The normalized spacial score (nSPS) is 32.6. The predicted molar refractivity (Wildman–Crippen MR) is 68.1 cm³/mol. The van der Waals surface area contributed by atoms with E-state index >= 15 is 0 Å². The van der Waals surface area contributed by atoms with E-state index in [1.54, 1.807) is 12.4 Å². The lowest BCUT2D eigenvalue weighted by Gasteiger charge is -2.27. The first-order valence-electron chi connectivity index (χ1n) is 6.20. The van der Waals surface area contributed by atoms with E-state index in [0.29, 0.717) is 11.1 Å². The summed E-state index contributed by atoms with van der Waals surface area (Å²) in [6.45, 7) is 2.11. The third kappa shape index (κ3) is 2.24. The maximum Gasteiger partial charge on any atom is 0.225 e. The van der Waals surface area contributed by atoms with Crippen molar-refractivity contribution < 1.29 is 0 Å². The number of hydrogen-bond donors (Lipinski definition) is 1. The Labute approximate surface area is 106 Å². The summed E-state index contributed by atoms with van der Waals surface area (Å²) in [6.07, 6.45) is 6.89. The third-order valence-electron chi connectivity index (χ3n) is 3.98. The summed E-state index contributed by atoms with van der Waals surface area (Å²) in [5, 5.41) is 0.590. The summed E-state index contributed by atoms with van der Waals surface area (Å²) in [5.74, 6) is 2.30. The minimum absolute atomic E-state index is 0.391. The average Bonchev–Trinajstić information content (AvgIpc) is 2.72. The van der Waals surface area contributed by atoms with Crippen LogP contribution in [0.3, 0.4) is 0 Å². The van der Waals surface area contributed by atoms with E-state index in [1.807, 2.05) is 0 Å². The lowest BCUT2D eigenvalue weighted by molar-refractivity contribution is 0.271. The highest BCUT2D eigenvalue weighted by Crippen LogP contribution is 2.36. The van der Waals surface area contributed by atoms with E-state index in [9.17, 15) is 0 Å². The van der Waals surface area contributed by atoms with E-state index < -0.39 is 0 Å². The Kier molecular flexibility index (Phi) is 2.92. The van der Waals surface area contributed by atoms with E-state index in [1.165, 1.54) is 6.42 Å². The molecule has 2 aliphatic rings. The molecule has 0 aromatic carbocycles. The van der Waals surface area contributed by atoms with Crippen LogP contribution in [0.5, 0.6) is 0 Å². The molecule has 1 aliphatic heterocycles. The zero-order chi connectivity index (χ0) is 11.8. The molecular weight excluding hydrogens is 236 g/mol. The van der Waals surface area contributed by atoms with Crippen LogP contribution in [0.15, 0.2) is 12.4 Å². The monoisotopic (exact) mass is 252 g/mol. The second-order valence-electron chi connectivity index (χ2n) is 5.20. The van der Waals surface area contributed by atoms with Crippen molar-refractivity contribution in [2.45, 2.75) is 25.3 Å². The highest BCUT2D eigenvalue weighted by molar-refractivity contribution is 6.30. The van der Waals surface area contributed by atoms with Crippen LogP contribution >= 0.6 is 11.6 Å². The van der Waals surface area contributed by atoms with Gasteiger partial charge in [-0.25, -0.2) is 9.97 Å². The molecule has 1 saturated heterocycles. The van der Waals surface area contributed by atoms with Crippen molar-refractivity contribution in [2.75, 3.05) is 18.0 Å². The first-order valence-corrected chi connectivity index (χ1v) is 6.58. The second-order valence-corrected chi connectivity index (χ2v) is 5.64. The van der Waals surface area contributed by atoms with E-state index in [-0.39, 0.29) is 0 Å². The zero-order valence-corrected chi connectivity index (χ0v) is 10.5. The number of hydrogen-bond acceptors (Lipinski definition) is 4. The highest BCUT2D eigenvalue weighted by atomic mass is 35.5. The van der Waals surface area contributed by atoms with Crippen molar-refractivity contribution in [1.82, 2.24) is 9.97 Å². The third-order valence-corrected chi connectivity index (χ3v) is 4.17. The number of nitrogens with zero attached hydrogens (tertiary/aromatic N) is 3. The van der Waals surface area contributed by atoms with Gasteiger partial charge in [0.15, 0.2) is 0 Å². The molecule has 2 fully saturated rings. The van der Waals surface area contributed by atoms with Crippen molar-refractivity contribution in [3.63, 3.8) is 0 Å². The van der Waals surface area contributed by atoms with Gasteiger partial charge in [-0.05, 0) is 31.1 Å². The van der Waals surface area contributed by atoms with Crippen LogP contribution in [0.25, 0.3) is 0 Å². The van der Waals surface area contributed by atoms with Crippen LogP contribution in [0, 0.1) is 11.8 Å². The van der Waals surface area contributed by atoms with Gasteiger partial charge in [0.05, 0.1) is 17.4 Å². The number of nitrogens with two attached hydrogens (primary N) is 1. The van der Waals surface area contributed by atoms with Crippen molar-refractivity contribution in [1.29, 1.82) is 0 Å². The van der Waals surface area contributed by atoms with E-state index in [2.05, 4.69) is 14.9 Å². The molecule has 1 unspecified atom stereocenters. The number of halogens is 1. The lowest BCUT2D eigenvalue weighted by Crippen LogP contribution is -2.32. The fraction of sp³-hybridized carbons (Fsp3) is 0.667. The van der Waals surface area contributed by atoms with E-state index in [4.69, 9.17) is 17.3 Å². The van der Waals surface area contributed by atoms with Crippen LogP contribution in [0.2, 0.25) is 5.02 Å². The Morgan fingerprint density at radius 3 is 2.65 bits per heavy atom. The standard InChI is InChI=1S/C12H17ClN4/c13-10-4-15-12(16-5-10)17-6-8-1-2-11(14)3-9(8)7-17/h4-5,8-9,11H,1-3,6-7,14H2/t8-,9+,11?/m1/s1. The van der Waals surface area contributed by atoms with Gasteiger partial charge < -0.3 is 10.6 Å². The van der Waals surface area contributed by atoms with E-state index in [0.717, 1.165) is 43.7 Å². The molecule has 0 bridgehead atoms. The molecule has 5 heteroatoms. The maximum absolute atomic E-state index is 6.03. The number of rotatable bonds is 1. The van der Waals surface area contributed by atoms with Crippen molar-refractivity contribution in [2.24, 2.45) is 17.6 Å². The van der Waals surface area contributed by atoms with Gasteiger partial charge in [0.25, 0.3) is 0 Å². The molecule has 1 aromatic rings. The quantitative estimate of drug-likeness (QED) is 0.827. The van der Waals surface area contributed by atoms with Gasteiger partial charge in [0.1, 0.15) is 0 Å². The summed E-state index contributed by atoms with van der Waals surface area (Å²) >= 11 is 5.80. The molecule has 3 atom stereocenters. The highest BCUT2D eigenvalue weighted by Gasteiger charge is 2.37. The first-order chi connectivity index (χ1) is 8.22.